The molecule has 0 fully saturated rings. The Hall–Kier alpha value is -3.63. The standard InChI is InChI=1S/C26H19N/c1-19-14-25(21-6-3-2-4-7-21)17-26(15-19)24-9-5-8-23(16-24)22-12-10-20(18-27)11-13-22/h2-17H,1H3. The summed E-state index contributed by atoms with van der Waals surface area (Å²) >= 11 is 0. The van der Waals surface area contributed by atoms with Crippen molar-refractivity contribution in [3.8, 4) is 39.4 Å². The fraction of sp³-hybridized carbons (Fsp3) is 0.0385. The van der Waals surface area contributed by atoms with Crippen molar-refractivity contribution in [2.24, 2.45) is 0 Å². The fourth-order valence-corrected chi connectivity index (χ4v) is 3.36. The Morgan fingerprint density at radius 1 is 0.519 bits per heavy atom. The molecule has 1 nitrogen and oxygen atoms in total. The molecule has 0 aliphatic heterocycles. The van der Waals surface area contributed by atoms with Gasteiger partial charge in [0.2, 0.25) is 0 Å². The molecule has 0 aromatic heterocycles. The zero-order valence-electron chi connectivity index (χ0n) is 15.2. The van der Waals surface area contributed by atoms with Crippen molar-refractivity contribution < 1.29 is 0 Å². The molecule has 0 unspecified atom stereocenters. The van der Waals surface area contributed by atoms with Crippen LogP contribution in [0.25, 0.3) is 33.4 Å². The van der Waals surface area contributed by atoms with Gasteiger partial charge in [-0.05, 0) is 70.1 Å². The maximum absolute atomic E-state index is 8.99. The van der Waals surface area contributed by atoms with Gasteiger partial charge in [0.25, 0.3) is 0 Å². The van der Waals surface area contributed by atoms with Crippen LogP contribution in [0.1, 0.15) is 11.1 Å². The first-order valence-corrected chi connectivity index (χ1v) is 9.01. The van der Waals surface area contributed by atoms with Gasteiger partial charge in [0.05, 0.1) is 11.6 Å². The number of rotatable bonds is 3. The molecule has 0 spiro atoms. The van der Waals surface area contributed by atoms with Gasteiger partial charge in [-0.25, -0.2) is 0 Å². The summed E-state index contributed by atoms with van der Waals surface area (Å²) in [6.07, 6.45) is 0. The first kappa shape index (κ1) is 16.8. The lowest BCUT2D eigenvalue weighted by molar-refractivity contribution is 1.46. The Morgan fingerprint density at radius 2 is 1.04 bits per heavy atom. The van der Waals surface area contributed by atoms with Gasteiger partial charge in [-0.2, -0.15) is 5.26 Å². The van der Waals surface area contributed by atoms with Gasteiger partial charge < -0.3 is 0 Å². The van der Waals surface area contributed by atoms with Crippen molar-refractivity contribution in [2.45, 2.75) is 6.92 Å². The highest BCUT2D eigenvalue weighted by molar-refractivity contribution is 5.77. The van der Waals surface area contributed by atoms with Crippen LogP contribution in [0.2, 0.25) is 0 Å². The molecule has 0 aliphatic carbocycles. The van der Waals surface area contributed by atoms with Crippen molar-refractivity contribution in [3.05, 3.63) is 108 Å². The van der Waals surface area contributed by atoms with Gasteiger partial charge in [0.15, 0.2) is 0 Å². The van der Waals surface area contributed by atoms with E-state index in [1.807, 2.05) is 30.3 Å². The van der Waals surface area contributed by atoms with Gasteiger partial charge in [-0.1, -0.05) is 72.8 Å². The highest BCUT2D eigenvalue weighted by Gasteiger charge is 2.06. The molecule has 4 rings (SSSR count). The summed E-state index contributed by atoms with van der Waals surface area (Å²) in [6.45, 7) is 2.14. The zero-order chi connectivity index (χ0) is 18.6. The summed E-state index contributed by atoms with van der Waals surface area (Å²) < 4.78 is 0. The molecule has 0 heterocycles. The second kappa shape index (κ2) is 7.32. The highest BCUT2D eigenvalue weighted by atomic mass is 14.2. The fourth-order valence-electron chi connectivity index (χ4n) is 3.36. The molecule has 0 saturated heterocycles. The molecular formula is C26H19N. The monoisotopic (exact) mass is 345 g/mol. The van der Waals surface area contributed by atoms with E-state index in [0.29, 0.717) is 5.56 Å². The largest absolute Gasteiger partial charge is 0.192 e. The first-order valence-electron chi connectivity index (χ1n) is 9.01. The lowest BCUT2D eigenvalue weighted by Gasteiger charge is -2.10. The van der Waals surface area contributed by atoms with Gasteiger partial charge in [0, 0.05) is 0 Å². The number of nitriles is 1. The lowest BCUT2D eigenvalue weighted by atomic mass is 9.94. The van der Waals surface area contributed by atoms with E-state index in [1.54, 1.807) is 0 Å². The van der Waals surface area contributed by atoms with Crippen LogP contribution in [0.4, 0.5) is 0 Å². The van der Waals surface area contributed by atoms with E-state index in [1.165, 1.54) is 27.8 Å². The van der Waals surface area contributed by atoms with E-state index < -0.39 is 0 Å². The van der Waals surface area contributed by atoms with Crippen LogP contribution in [-0.4, -0.2) is 0 Å². The van der Waals surface area contributed by atoms with Crippen LogP contribution in [-0.2, 0) is 0 Å². The molecule has 0 aliphatic rings. The van der Waals surface area contributed by atoms with Gasteiger partial charge in [-0.15, -0.1) is 0 Å². The summed E-state index contributed by atoms with van der Waals surface area (Å²) in [5.41, 5.74) is 9.06. The molecule has 128 valence electrons. The van der Waals surface area contributed by atoms with E-state index in [0.717, 1.165) is 11.1 Å². The Kier molecular flexibility index (Phi) is 4.56. The maximum atomic E-state index is 8.99. The highest BCUT2D eigenvalue weighted by Crippen LogP contribution is 2.31. The summed E-state index contributed by atoms with van der Waals surface area (Å²) in [4.78, 5) is 0. The number of aryl methyl sites for hydroxylation is 1. The number of hydrogen-bond donors (Lipinski definition) is 0. The van der Waals surface area contributed by atoms with Crippen LogP contribution in [0.15, 0.2) is 97.1 Å². The predicted octanol–water partition coefficient (Wildman–Crippen LogP) is 6.87. The minimum atomic E-state index is 0.682. The Labute approximate surface area is 160 Å². The van der Waals surface area contributed by atoms with Gasteiger partial charge >= 0.3 is 0 Å². The normalized spacial score (nSPS) is 10.4. The maximum Gasteiger partial charge on any atom is 0.0991 e. The molecule has 0 saturated carbocycles. The minimum Gasteiger partial charge on any atom is -0.192 e. The molecule has 0 N–H and O–H groups in total. The first-order chi connectivity index (χ1) is 13.2. The van der Waals surface area contributed by atoms with E-state index >= 15 is 0 Å². The van der Waals surface area contributed by atoms with Crippen molar-refractivity contribution in [3.63, 3.8) is 0 Å². The molecule has 0 radical (unpaired) electrons. The third-order valence-corrected chi connectivity index (χ3v) is 4.73. The van der Waals surface area contributed by atoms with Crippen molar-refractivity contribution in [1.82, 2.24) is 0 Å². The van der Waals surface area contributed by atoms with Gasteiger partial charge in [0.1, 0.15) is 0 Å². The number of benzene rings is 4. The van der Waals surface area contributed by atoms with E-state index in [2.05, 4.69) is 79.7 Å². The summed E-state index contributed by atoms with van der Waals surface area (Å²) in [6, 6.07) is 35.6. The van der Waals surface area contributed by atoms with Crippen LogP contribution < -0.4 is 0 Å². The second-order valence-electron chi connectivity index (χ2n) is 6.72. The Bertz CT molecular complexity index is 1120. The van der Waals surface area contributed by atoms with Crippen molar-refractivity contribution >= 4 is 0 Å². The predicted molar refractivity (Wildman–Crippen MR) is 112 cm³/mol. The topological polar surface area (TPSA) is 23.8 Å². The van der Waals surface area contributed by atoms with Crippen LogP contribution in [0.3, 0.4) is 0 Å². The summed E-state index contributed by atoms with van der Waals surface area (Å²) in [7, 11) is 0. The van der Waals surface area contributed by atoms with E-state index in [-0.39, 0.29) is 0 Å². The SMILES string of the molecule is Cc1cc(-c2ccccc2)cc(-c2cccc(-c3ccc(C#N)cc3)c2)c1. The van der Waals surface area contributed by atoms with E-state index in [4.69, 9.17) is 5.26 Å². The third-order valence-electron chi connectivity index (χ3n) is 4.73. The zero-order valence-corrected chi connectivity index (χ0v) is 15.2. The molecular weight excluding hydrogens is 326 g/mol. The van der Waals surface area contributed by atoms with Gasteiger partial charge in [-0.3, -0.25) is 0 Å². The molecule has 1 heteroatoms. The molecule has 0 atom stereocenters. The van der Waals surface area contributed by atoms with Crippen LogP contribution >= 0.6 is 0 Å². The molecule has 4 aromatic carbocycles. The third kappa shape index (κ3) is 3.66. The molecule has 4 aromatic rings. The summed E-state index contributed by atoms with van der Waals surface area (Å²) in [5.74, 6) is 0. The second-order valence-corrected chi connectivity index (χ2v) is 6.72. The number of nitrogens with zero attached hydrogens (tertiary/aromatic N) is 1. The quantitative estimate of drug-likeness (QED) is 0.397. The average Bonchev–Trinajstić information content (AvgIpc) is 2.74. The smallest absolute Gasteiger partial charge is 0.0991 e. The molecule has 27 heavy (non-hydrogen) atoms. The van der Waals surface area contributed by atoms with Crippen LogP contribution in [0, 0.1) is 18.3 Å². The van der Waals surface area contributed by atoms with Crippen molar-refractivity contribution in [1.29, 1.82) is 5.26 Å². The summed E-state index contributed by atoms with van der Waals surface area (Å²) in [5, 5.41) is 8.99. The lowest BCUT2D eigenvalue weighted by Crippen LogP contribution is -1.86. The minimum absolute atomic E-state index is 0.682. The van der Waals surface area contributed by atoms with E-state index in [9.17, 15) is 0 Å². The Balaban J connectivity index is 1.76. The number of hydrogen-bond acceptors (Lipinski definition) is 1. The molecule has 0 amide bonds. The van der Waals surface area contributed by atoms with Crippen LogP contribution in [0.5, 0.6) is 0 Å². The van der Waals surface area contributed by atoms with Crippen molar-refractivity contribution in [2.75, 3.05) is 0 Å². The molecule has 0 bridgehead atoms. The average molecular weight is 345 g/mol. The Morgan fingerprint density at radius 3 is 1.70 bits per heavy atom.